The van der Waals surface area contributed by atoms with Crippen LogP contribution in [-0.4, -0.2) is 11.2 Å². The topological polar surface area (TPSA) is 20.2 Å². The Kier molecular flexibility index (Phi) is 2.31. The second-order valence-electron chi connectivity index (χ2n) is 3.90. The average Bonchev–Trinajstić information content (AvgIpc) is 2.77. The summed E-state index contributed by atoms with van der Waals surface area (Å²) in [5.41, 5.74) is 0. The predicted molar refractivity (Wildman–Crippen MR) is 49.7 cm³/mol. The highest BCUT2D eigenvalue weighted by molar-refractivity contribution is 5.02. The molecule has 2 aliphatic rings. The Morgan fingerprint density at radius 2 is 1.17 bits per heavy atom. The molecule has 0 fully saturated rings. The zero-order valence-corrected chi connectivity index (χ0v) is 7.32. The molecule has 0 aromatic carbocycles. The standard InChI is InChI=1S/C11H16O/c12-11(9-5-1-2-6-9)10-7-3-4-8-10/h1-4,9-12H,5-8H2. The van der Waals surface area contributed by atoms with Gasteiger partial charge in [0.05, 0.1) is 6.10 Å². The van der Waals surface area contributed by atoms with E-state index < -0.39 is 0 Å². The van der Waals surface area contributed by atoms with Crippen LogP contribution in [0.2, 0.25) is 0 Å². The maximum absolute atomic E-state index is 9.97. The molecule has 1 heteroatoms. The van der Waals surface area contributed by atoms with Crippen LogP contribution in [0, 0.1) is 11.8 Å². The summed E-state index contributed by atoms with van der Waals surface area (Å²) in [4.78, 5) is 0. The lowest BCUT2D eigenvalue weighted by Gasteiger charge is -2.23. The van der Waals surface area contributed by atoms with Crippen molar-refractivity contribution < 1.29 is 5.11 Å². The molecule has 1 N–H and O–H groups in total. The molecule has 0 saturated carbocycles. The van der Waals surface area contributed by atoms with Gasteiger partial charge >= 0.3 is 0 Å². The van der Waals surface area contributed by atoms with E-state index in [1.165, 1.54) is 0 Å². The van der Waals surface area contributed by atoms with E-state index in [-0.39, 0.29) is 6.10 Å². The van der Waals surface area contributed by atoms with Crippen molar-refractivity contribution in [2.45, 2.75) is 31.8 Å². The highest BCUT2D eigenvalue weighted by Gasteiger charge is 2.27. The van der Waals surface area contributed by atoms with Gasteiger partial charge in [-0.2, -0.15) is 0 Å². The molecular weight excluding hydrogens is 148 g/mol. The van der Waals surface area contributed by atoms with Gasteiger partial charge in [0.15, 0.2) is 0 Å². The third-order valence-electron chi connectivity index (χ3n) is 3.05. The normalized spacial score (nSPS) is 24.8. The Balaban J connectivity index is 1.87. The molecule has 2 aliphatic carbocycles. The van der Waals surface area contributed by atoms with Crippen LogP contribution in [0.25, 0.3) is 0 Å². The zero-order chi connectivity index (χ0) is 8.39. The first-order valence-corrected chi connectivity index (χ1v) is 4.86. The minimum Gasteiger partial charge on any atom is -0.393 e. The van der Waals surface area contributed by atoms with Crippen LogP contribution >= 0.6 is 0 Å². The lowest BCUT2D eigenvalue weighted by atomic mass is 9.88. The van der Waals surface area contributed by atoms with Gasteiger partial charge in [0, 0.05) is 0 Å². The molecule has 1 nitrogen and oxygen atoms in total. The first-order valence-electron chi connectivity index (χ1n) is 4.86. The quantitative estimate of drug-likeness (QED) is 0.621. The van der Waals surface area contributed by atoms with E-state index in [0.717, 1.165) is 25.7 Å². The minimum absolute atomic E-state index is 0.0741. The Hall–Kier alpha value is -0.560. The fourth-order valence-electron chi connectivity index (χ4n) is 2.22. The molecule has 0 spiro atoms. The van der Waals surface area contributed by atoms with E-state index >= 15 is 0 Å². The van der Waals surface area contributed by atoms with E-state index in [9.17, 15) is 5.11 Å². The second-order valence-corrected chi connectivity index (χ2v) is 3.90. The van der Waals surface area contributed by atoms with E-state index in [0.29, 0.717) is 11.8 Å². The number of rotatable bonds is 2. The van der Waals surface area contributed by atoms with Gasteiger partial charge < -0.3 is 5.11 Å². The first kappa shape index (κ1) is 8.06. The summed E-state index contributed by atoms with van der Waals surface area (Å²) in [6, 6.07) is 0. The fourth-order valence-corrected chi connectivity index (χ4v) is 2.22. The van der Waals surface area contributed by atoms with Crippen molar-refractivity contribution in [3.63, 3.8) is 0 Å². The number of hydrogen-bond acceptors (Lipinski definition) is 1. The van der Waals surface area contributed by atoms with Crippen molar-refractivity contribution in [1.82, 2.24) is 0 Å². The lowest BCUT2D eigenvalue weighted by molar-refractivity contribution is 0.0601. The number of allylic oxidation sites excluding steroid dienone is 4. The van der Waals surface area contributed by atoms with Crippen molar-refractivity contribution in [2.75, 3.05) is 0 Å². The van der Waals surface area contributed by atoms with Crippen molar-refractivity contribution in [2.24, 2.45) is 11.8 Å². The molecule has 2 rings (SSSR count). The fraction of sp³-hybridized carbons (Fsp3) is 0.636. The van der Waals surface area contributed by atoms with E-state index in [1.807, 2.05) is 0 Å². The van der Waals surface area contributed by atoms with Gasteiger partial charge in [-0.15, -0.1) is 0 Å². The molecular formula is C11H16O. The van der Waals surface area contributed by atoms with E-state index in [1.54, 1.807) is 0 Å². The molecule has 0 heterocycles. The number of aliphatic hydroxyl groups is 1. The zero-order valence-electron chi connectivity index (χ0n) is 7.32. The van der Waals surface area contributed by atoms with Crippen molar-refractivity contribution >= 4 is 0 Å². The second kappa shape index (κ2) is 3.44. The molecule has 0 aromatic heterocycles. The summed E-state index contributed by atoms with van der Waals surface area (Å²) >= 11 is 0. The third-order valence-corrected chi connectivity index (χ3v) is 3.05. The van der Waals surface area contributed by atoms with Crippen LogP contribution in [-0.2, 0) is 0 Å². The monoisotopic (exact) mass is 164 g/mol. The molecule has 0 bridgehead atoms. The summed E-state index contributed by atoms with van der Waals surface area (Å²) in [5.74, 6) is 1.02. The summed E-state index contributed by atoms with van der Waals surface area (Å²) in [7, 11) is 0. The summed E-state index contributed by atoms with van der Waals surface area (Å²) in [6.07, 6.45) is 13.0. The van der Waals surface area contributed by atoms with Gasteiger partial charge in [-0.1, -0.05) is 24.3 Å². The molecule has 0 unspecified atom stereocenters. The van der Waals surface area contributed by atoms with E-state index in [2.05, 4.69) is 24.3 Å². The predicted octanol–water partition coefficient (Wildman–Crippen LogP) is 2.28. The van der Waals surface area contributed by atoms with Crippen LogP contribution in [0.5, 0.6) is 0 Å². The van der Waals surface area contributed by atoms with Crippen molar-refractivity contribution in [3.05, 3.63) is 24.3 Å². The van der Waals surface area contributed by atoms with Crippen molar-refractivity contribution in [1.29, 1.82) is 0 Å². The minimum atomic E-state index is -0.0741. The molecule has 0 aliphatic heterocycles. The lowest BCUT2D eigenvalue weighted by Crippen LogP contribution is -2.26. The summed E-state index contributed by atoms with van der Waals surface area (Å²) in [5, 5.41) is 9.97. The molecule has 0 saturated heterocycles. The Morgan fingerprint density at radius 1 is 0.833 bits per heavy atom. The first-order chi connectivity index (χ1) is 5.88. The third kappa shape index (κ3) is 1.46. The van der Waals surface area contributed by atoms with Gasteiger partial charge in [0.25, 0.3) is 0 Å². The molecule has 0 amide bonds. The molecule has 0 radical (unpaired) electrons. The van der Waals surface area contributed by atoms with Crippen LogP contribution in [0.4, 0.5) is 0 Å². The highest BCUT2D eigenvalue weighted by Crippen LogP contribution is 2.31. The molecule has 0 atom stereocenters. The summed E-state index contributed by atoms with van der Waals surface area (Å²) in [6.45, 7) is 0. The van der Waals surface area contributed by atoms with Crippen LogP contribution in [0.1, 0.15) is 25.7 Å². The van der Waals surface area contributed by atoms with Crippen LogP contribution in [0.15, 0.2) is 24.3 Å². The van der Waals surface area contributed by atoms with Gasteiger partial charge in [-0.3, -0.25) is 0 Å². The van der Waals surface area contributed by atoms with Gasteiger partial charge in [0.1, 0.15) is 0 Å². The van der Waals surface area contributed by atoms with Gasteiger partial charge in [-0.05, 0) is 37.5 Å². The van der Waals surface area contributed by atoms with E-state index in [4.69, 9.17) is 0 Å². The number of hydrogen-bond donors (Lipinski definition) is 1. The average molecular weight is 164 g/mol. The molecule has 66 valence electrons. The summed E-state index contributed by atoms with van der Waals surface area (Å²) < 4.78 is 0. The Morgan fingerprint density at radius 3 is 1.50 bits per heavy atom. The smallest absolute Gasteiger partial charge is 0.0608 e. The molecule has 0 aromatic rings. The van der Waals surface area contributed by atoms with Crippen LogP contribution < -0.4 is 0 Å². The molecule has 12 heavy (non-hydrogen) atoms. The Labute approximate surface area is 73.8 Å². The van der Waals surface area contributed by atoms with Crippen LogP contribution in [0.3, 0.4) is 0 Å². The van der Waals surface area contributed by atoms with Gasteiger partial charge in [0.2, 0.25) is 0 Å². The SMILES string of the molecule is OC(C1CC=CC1)C1CC=CC1. The maximum atomic E-state index is 9.97. The number of aliphatic hydroxyl groups excluding tert-OH is 1. The highest BCUT2D eigenvalue weighted by atomic mass is 16.3. The van der Waals surface area contributed by atoms with Crippen molar-refractivity contribution in [3.8, 4) is 0 Å². The maximum Gasteiger partial charge on any atom is 0.0608 e. The largest absolute Gasteiger partial charge is 0.393 e. The Bertz CT molecular complexity index is 167. The van der Waals surface area contributed by atoms with Gasteiger partial charge in [-0.25, -0.2) is 0 Å².